The Hall–Kier alpha value is -2.48. The summed E-state index contributed by atoms with van der Waals surface area (Å²) in [4.78, 5) is 12.3. The van der Waals surface area contributed by atoms with Crippen molar-refractivity contribution in [1.82, 2.24) is 19.8 Å². The molecule has 8 heteroatoms. The third-order valence-corrected chi connectivity index (χ3v) is 3.68. The van der Waals surface area contributed by atoms with E-state index in [0.29, 0.717) is 27.2 Å². The van der Waals surface area contributed by atoms with Gasteiger partial charge in [-0.15, -0.1) is 10.2 Å². The highest BCUT2D eigenvalue weighted by molar-refractivity contribution is 7.16. The molecule has 2 aromatic heterocycles. The summed E-state index contributed by atoms with van der Waals surface area (Å²) in [5.74, 6) is 1.26. The van der Waals surface area contributed by atoms with Crippen LogP contribution < -0.4 is 15.0 Å². The van der Waals surface area contributed by atoms with Crippen LogP contribution in [0.1, 0.15) is 10.7 Å². The molecule has 0 atom stereocenters. The summed E-state index contributed by atoms with van der Waals surface area (Å²) in [5, 5.41) is 12.6. The van der Waals surface area contributed by atoms with Crippen LogP contribution in [0, 0.1) is 6.92 Å². The normalized spacial score (nSPS) is 10.8. The van der Waals surface area contributed by atoms with Crippen molar-refractivity contribution < 1.29 is 9.47 Å². The zero-order chi connectivity index (χ0) is 14.8. The molecule has 0 aliphatic rings. The Morgan fingerprint density at radius 1 is 1.24 bits per heavy atom. The maximum absolute atomic E-state index is 11.9. The first-order valence-electron chi connectivity index (χ1n) is 6.17. The molecule has 108 valence electrons. The quantitative estimate of drug-likeness (QED) is 0.726. The number of para-hydroxylation sites is 2. The minimum Gasteiger partial charge on any atom is -0.493 e. The molecule has 0 amide bonds. The summed E-state index contributed by atoms with van der Waals surface area (Å²) in [6.45, 7) is 1.83. The Kier molecular flexibility index (Phi) is 3.53. The Balaban J connectivity index is 1.86. The van der Waals surface area contributed by atoms with Crippen LogP contribution in [0.3, 0.4) is 0 Å². The lowest BCUT2D eigenvalue weighted by Crippen LogP contribution is -2.19. The predicted octanol–water partition coefficient (Wildman–Crippen LogP) is 1.44. The van der Waals surface area contributed by atoms with Gasteiger partial charge in [-0.1, -0.05) is 23.5 Å². The molecule has 0 N–H and O–H groups in total. The van der Waals surface area contributed by atoms with Crippen LogP contribution in [0.2, 0.25) is 0 Å². The van der Waals surface area contributed by atoms with E-state index in [0.717, 1.165) is 0 Å². The van der Waals surface area contributed by atoms with E-state index in [1.807, 2.05) is 24.3 Å². The average molecular weight is 304 g/mol. The van der Waals surface area contributed by atoms with E-state index in [-0.39, 0.29) is 12.2 Å². The number of benzene rings is 1. The molecule has 3 rings (SSSR count). The van der Waals surface area contributed by atoms with E-state index in [4.69, 9.17) is 9.47 Å². The third kappa shape index (κ3) is 2.57. The van der Waals surface area contributed by atoms with Gasteiger partial charge in [0.15, 0.2) is 16.5 Å². The molecule has 1 aromatic carbocycles. The van der Waals surface area contributed by atoms with Crippen molar-refractivity contribution in [2.75, 3.05) is 7.11 Å². The molecule has 0 aliphatic heterocycles. The summed E-state index contributed by atoms with van der Waals surface area (Å²) >= 11 is 1.27. The van der Waals surface area contributed by atoms with E-state index in [2.05, 4.69) is 15.3 Å². The molecule has 0 bridgehead atoms. The first-order valence-corrected chi connectivity index (χ1v) is 6.98. The summed E-state index contributed by atoms with van der Waals surface area (Å²) < 4.78 is 12.1. The SMILES string of the molecule is COc1ccccc1OCc1nn2c(=O)c(C)nnc2s1. The molecule has 3 aromatic rings. The zero-order valence-electron chi connectivity index (χ0n) is 11.4. The minimum atomic E-state index is -0.264. The van der Waals surface area contributed by atoms with Crippen LogP contribution in [0.5, 0.6) is 11.5 Å². The van der Waals surface area contributed by atoms with Crippen molar-refractivity contribution in [2.24, 2.45) is 0 Å². The molecule has 0 aliphatic carbocycles. The van der Waals surface area contributed by atoms with Gasteiger partial charge in [-0.25, -0.2) is 0 Å². The van der Waals surface area contributed by atoms with Gasteiger partial charge in [0, 0.05) is 0 Å². The minimum absolute atomic E-state index is 0.229. The fraction of sp³-hybridized carbons (Fsp3) is 0.231. The highest BCUT2D eigenvalue weighted by Gasteiger charge is 2.11. The van der Waals surface area contributed by atoms with E-state index < -0.39 is 0 Å². The van der Waals surface area contributed by atoms with E-state index in [1.165, 1.54) is 15.9 Å². The summed E-state index contributed by atoms with van der Waals surface area (Å²) in [5.41, 5.74) is 0.0507. The number of aryl methyl sites for hydroxylation is 1. The number of fused-ring (bicyclic) bond motifs is 1. The molecule has 0 unspecified atom stereocenters. The molecule has 0 saturated carbocycles. The van der Waals surface area contributed by atoms with Crippen molar-refractivity contribution >= 4 is 16.3 Å². The van der Waals surface area contributed by atoms with Gasteiger partial charge in [-0.2, -0.15) is 9.61 Å². The topological polar surface area (TPSA) is 78.6 Å². The number of aromatic nitrogens is 4. The van der Waals surface area contributed by atoms with Gasteiger partial charge in [0.2, 0.25) is 4.96 Å². The van der Waals surface area contributed by atoms with Crippen molar-refractivity contribution in [1.29, 1.82) is 0 Å². The third-order valence-electron chi connectivity index (χ3n) is 2.81. The molecule has 0 fully saturated rings. The summed E-state index contributed by atoms with van der Waals surface area (Å²) in [7, 11) is 1.58. The van der Waals surface area contributed by atoms with E-state index in [1.54, 1.807) is 14.0 Å². The van der Waals surface area contributed by atoms with Gasteiger partial charge >= 0.3 is 0 Å². The van der Waals surface area contributed by atoms with Crippen molar-refractivity contribution in [3.8, 4) is 11.5 Å². The average Bonchev–Trinajstić information content (AvgIpc) is 2.93. The largest absolute Gasteiger partial charge is 0.493 e. The fourth-order valence-electron chi connectivity index (χ4n) is 1.77. The number of ether oxygens (including phenoxy) is 2. The maximum Gasteiger partial charge on any atom is 0.296 e. The number of hydrogen-bond donors (Lipinski definition) is 0. The Morgan fingerprint density at radius 3 is 2.76 bits per heavy atom. The smallest absolute Gasteiger partial charge is 0.296 e. The van der Waals surface area contributed by atoms with Gasteiger partial charge in [0.25, 0.3) is 5.56 Å². The van der Waals surface area contributed by atoms with Crippen LogP contribution in [0.4, 0.5) is 0 Å². The van der Waals surface area contributed by atoms with Crippen molar-refractivity contribution in [3.63, 3.8) is 0 Å². The Labute approximate surface area is 123 Å². The number of methoxy groups -OCH3 is 1. The van der Waals surface area contributed by atoms with Gasteiger partial charge in [0.05, 0.1) is 7.11 Å². The first-order chi connectivity index (χ1) is 10.2. The number of rotatable bonds is 4. The van der Waals surface area contributed by atoms with Crippen LogP contribution in [0.15, 0.2) is 29.1 Å². The van der Waals surface area contributed by atoms with Gasteiger partial charge in [-0.3, -0.25) is 4.79 Å². The van der Waals surface area contributed by atoms with Gasteiger partial charge in [0.1, 0.15) is 12.3 Å². The molecular formula is C13H12N4O3S. The number of hydrogen-bond acceptors (Lipinski definition) is 7. The van der Waals surface area contributed by atoms with Gasteiger partial charge < -0.3 is 9.47 Å². The predicted molar refractivity (Wildman–Crippen MR) is 77.0 cm³/mol. The first kappa shape index (κ1) is 13.5. The lowest BCUT2D eigenvalue weighted by Gasteiger charge is -2.08. The van der Waals surface area contributed by atoms with Crippen molar-refractivity contribution in [3.05, 3.63) is 45.3 Å². The standard InChI is InChI=1S/C13H12N4O3S/c1-8-12(18)17-13(15-14-8)21-11(16-17)7-20-10-6-4-3-5-9(10)19-2/h3-6H,7H2,1-2H3. The molecule has 2 heterocycles. The lowest BCUT2D eigenvalue weighted by molar-refractivity contribution is 0.283. The van der Waals surface area contributed by atoms with Gasteiger partial charge in [-0.05, 0) is 19.1 Å². The van der Waals surface area contributed by atoms with Crippen LogP contribution in [-0.4, -0.2) is 26.9 Å². The summed E-state index contributed by atoms with van der Waals surface area (Å²) in [6, 6.07) is 7.34. The molecule has 0 spiro atoms. The molecule has 0 saturated heterocycles. The van der Waals surface area contributed by atoms with Crippen molar-refractivity contribution in [2.45, 2.75) is 13.5 Å². The summed E-state index contributed by atoms with van der Waals surface area (Å²) in [6.07, 6.45) is 0. The molecule has 7 nitrogen and oxygen atoms in total. The molecule has 21 heavy (non-hydrogen) atoms. The second-order valence-corrected chi connectivity index (χ2v) is 5.26. The monoisotopic (exact) mass is 304 g/mol. The zero-order valence-corrected chi connectivity index (χ0v) is 12.3. The van der Waals surface area contributed by atoms with Crippen LogP contribution >= 0.6 is 11.3 Å². The van der Waals surface area contributed by atoms with E-state index >= 15 is 0 Å². The number of nitrogens with zero attached hydrogens (tertiary/aromatic N) is 4. The fourth-order valence-corrected chi connectivity index (χ4v) is 2.51. The van der Waals surface area contributed by atoms with Crippen LogP contribution in [-0.2, 0) is 6.61 Å². The second kappa shape index (κ2) is 5.49. The second-order valence-electron chi connectivity index (χ2n) is 4.22. The highest BCUT2D eigenvalue weighted by atomic mass is 32.1. The maximum atomic E-state index is 11.9. The molecule has 0 radical (unpaired) electrons. The lowest BCUT2D eigenvalue weighted by atomic mass is 10.3. The van der Waals surface area contributed by atoms with E-state index in [9.17, 15) is 4.79 Å². The molecular weight excluding hydrogens is 292 g/mol. The Bertz CT molecular complexity index is 843. The van der Waals surface area contributed by atoms with Crippen LogP contribution in [0.25, 0.3) is 4.96 Å². The highest BCUT2D eigenvalue weighted by Crippen LogP contribution is 2.27. The Morgan fingerprint density at radius 2 is 2.00 bits per heavy atom.